The van der Waals surface area contributed by atoms with Gasteiger partial charge in [0.25, 0.3) is 0 Å². The number of hydrogen-bond acceptors (Lipinski definition) is 3. The Labute approximate surface area is 116 Å². The van der Waals surface area contributed by atoms with Gasteiger partial charge in [0.05, 0.1) is 12.7 Å². The summed E-state index contributed by atoms with van der Waals surface area (Å²) in [5, 5.41) is 3.41. The van der Waals surface area contributed by atoms with Gasteiger partial charge in [0, 0.05) is 17.2 Å². The summed E-state index contributed by atoms with van der Waals surface area (Å²) < 4.78 is 5.52. The summed E-state index contributed by atoms with van der Waals surface area (Å²) in [5.74, 6) is 1.02. The first kappa shape index (κ1) is 15.5. The Morgan fingerprint density at radius 3 is 2.56 bits per heavy atom. The molecule has 0 unspecified atom stereocenters. The van der Waals surface area contributed by atoms with Crippen molar-refractivity contribution in [2.75, 3.05) is 18.9 Å². The number of thioether (sulfide) groups is 1. The van der Waals surface area contributed by atoms with E-state index in [0.29, 0.717) is 6.10 Å². The van der Waals surface area contributed by atoms with Crippen LogP contribution < -0.4 is 5.32 Å². The molecule has 0 saturated heterocycles. The Morgan fingerprint density at radius 1 is 1.22 bits per heavy atom. The Balaban J connectivity index is 2.23. The Morgan fingerprint density at radius 2 is 1.94 bits per heavy atom. The van der Waals surface area contributed by atoms with Gasteiger partial charge in [-0.05, 0) is 44.5 Å². The zero-order valence-electron chi connectivity index (χ0n) is 11.7. The van der Waals surface area contributed by atoms with Crippen molar-refractivity contribution in [2.24, 2.45) is 0 Å². The lowest BCUT2D eigenvalue weighted by Crippen LogP contribution is -2.13. The third-order valence-corrected chi connectivity index (χ3v) is 3.46. The molecule has 0 heterocycles. The number of hydrogen-bond donors (Lipinski definition) is 1. The van der Waals surface area contributed by atoms with Gasteiger partial charge >= 0.3 is 0 Å². The van der Waals surface area contributed by atoms with Crippen LogP contribution >= 0.6 is 11.8 Å². The largest absolute Gasteiger partial charge is 0.378 e. The predicted octanol–water partition coefficient (Wildman–Crippen LogP) is 3.70. The van der Waals surface area contributed by atoms with Crippen LogP contribution in [0.2, 0.25) is 0 Å². The molecule has 0 bridgehead atoms. The van der Waals surface area contributed by atoms with Crippen LogP contribution in [0.1, 0.15) is 32.8 Å². The Bertz CT molecular complexity index is 311. The van der Waals surface area contributed by atoms with Crippen molar-refractivity contribution in [2.45, 2.75) is 44.7 Å². The average molecular weight is 267 g/mol. The average Bonchev–Trinajstić information content (AvgIpc) is 2.36. The molecule has 102 valence electrons. The van der Waals surface area contributed by atoms with Crippen LogP contribution in [0.25, 0.3) is 0 Å². The van der Waals surface area contributed by atoms with Crippen LogP contribution in [0.4, 0.5) is 0 Å². The van der Waals surface area contributed by atoms with Gasteiger partial charge in [-0.2, -0.15) is 0 Å². The van der Waals surface area contributed by atoms with Crippen LogP contribution in [0.15, 0.2) is 29.2 Å². The van der Waals surface area contributed by atoms with E-state index in [2.05, 4.69) is 50.4 Å². The van der Waals surface area contributed by atoms with Crippen LogP contribution in [0.5, 0.6) is 0 Å². The van der Waals surface area contributed by atoms with Gasteiger partial charge in [-0.1, -0.05) is 19.1 Å². The molecule has 0 spiro atoms. The highest BCUT2D eigenvalue weighted by molar-refractivity contribution is 7.99. The third kappa shape index (κ3) is 7.04. The molecule has 1 N–H and O–H groups in total. The zero-order valence-corrected chi connectivity index (χ0v) is 12.6. The molecular formula is C15H25NOS. The quantitative estimate of drug-likeness (QED) is 0.544. The van der Waals surface area contributed by atoms with E-state index in [0.717, 1.165) is 25.4 Å². The monoisotopic (exact) mass is 267 g/mol. The molecule has 2 nitrogen and oxygen atoms in total. The van der Waals surface area contributed by atoms with E-state index in [1.165, 1.54) is 16.9 Å². The maximum Gasteiger partial charge on any atom is 0.0563 e. The van der Waals surface area contributed by atoms with Crippen molar-refractivity contribution in [3.8, 4) is 0 Å². The van der Waals surface area contributed by atoms with Gasteiger partial charge in [0.15, 0.2) is 0 Å². The maximum atomic E-state index is 5.52. The minimum Gasteiger partial charge on any atom is -0.378 e. The standard InChI is InChI=1S/C15H25NOS/c1-4-9-16-12-14-5-7-15(8-6-14)18-11-10-17-13(2)3/h5-8,13,16H,4,9-12H2,1-3H3. The Kier molecular flexibility index (Phi) is 8.14. The number of benzene rings is 1. The summed E-state index contributed by atoms with van der Waals surface area (Å²) >= 11 is 1.85. The molecule has 0 atom stereocenters. The molecule has 3 heteroatoms. The zero-order chi connectivity index (χ0) is 13.2. The van der Waals surface area contributed by atoms with E-state index in [-0.39, 0.29) is 0 Å². The number of rotatable bonds is 9. The van der Waals surface area contributed by atoms with Gasteiger partial charge < -0.3 is 10.1 Å². The van der Waals surface area contributed by atoms with Crippen molar-refractivity contribution in [3.63, 3.8) is 0 Å². The highest BCUT2D eigenvalue weighted by Crippen LogP contribution is 2.18. The summed E-state index contributed by atoms with van der Waals surface area (Å²) in [5.41, 5.74) is 1.35. The second kappa shape index (κ2) is 9.42. The lowest BCUT2D eigenvalue weighted by Gasteiger charge is -2.07. The van der Waals surface area contributed by atoms with Crippen LogP contribution in [-0.2, 0) is 11.3 Å². The fourth-order valence-electron chi connectivity index (χ4n) is 1.56. The number of ether oxygens (including phenoxy) is 1. The molecule has 0 radical (unpaired) electrons. The first-order chi connectivity index (χ1) is 8.72. The van der Waals surface area contributed by atoms with E-state index in [1.54, 1.807) is 0 Å². The second-order valence-electron chi connectivity index (χ2n) is 4.59. The van der Waals surface area contributed by atoms with Crippen molar-refractivity contribution >= 4 is 11.8 Å². The molecule has 0 fully saturated rings. The SMILES string of the molecule is CCCNCc1ccc(SCCOC(C)C)cc1. The van der Waals surface area contributed by atoms with Crippen molar-refractivity contribution in [1.29, 1.82) is 0 Å². The molecule has 1 rings (SSSR count). The van der Waals surface area contributed by atoms with Gasteiger partial charge in [0.2, 0.25) is 0 Å². The summed E-state index contributed by atoms with van der Waals surface area (Å²) in [6.07, 6.45) is 1.52. The van der Waals surface area contributed by atoms with Gasteiger partial charge in [-0.25, -0.2) is 0 Å². The topological polar surface area (TPSA) is 21.3 Å². The van der Waals surface area contributed by atoms with Crippen molar-refractivity contribution in [1.82, 2.24) is 5.32 Å². The smallest absolute Gasteiger partial charge is 0.0563 e. The minimum absolute atomic E-state index is 0.331. The molecule has 0 amide bonds. The second-order valence-corrected chi connectivity index (χ2v) is 5.76. The lowest BCUT2D eigenvalue weighted by atomic mass is 10.2. The normalized spacial score (nSPS) is 11.1. The highest BCUT2D eigenvalue weighted by atomic mass is 32.2. The van der Waals surface area contributed by atoms with E-state index in [1.807, 2.05) is 11.8 Å². The summed E-state index contributed by atoms with van der Waals surface area (Å²) in [6, 6.07) is 8.80. The van der Waals surface area contributed by atoms with E-state index < -0.39 is 0 Å². The summed E-state index contributed by atoms with van der Waals surface area (Å²) in [7, 11) is 0. The van der Waals surface area contributed by atoms with E-state index in [4.69, 9.17) is 4.74 Å². The van der Waals surface area contributed by atoms with Crippen molar-refractivity contribution in [3.05, 3.63) is 29.8 Å². The van der Waals surface area contributed by atoms with Gasteiger partial charge in [0.1, 0.15) is 0 Å². The van der Waals surface area contributed by atoms with E-state index in [9.17, 15) is 0 Å². The predicted molar refractivity (Wildman–Crippen MR) is 80.3 cm³/mol. The fraction of sp³-hybridized carbons (Fsp3) is 0.600. The molecule has 1 aromatic carbocycles. The molecule has 0 aliphatic carbocycles. The fourth-order valence-corrected chi connectivity index (χ4v) is 2.30. The van der Waals surface area contributed by atoms with Crippen LogP contribution in [0.3, 0.4) is 0 Å². The molecule has 0 aliphatic rings. The van der Waals surface area contributed by atoms with Gasteiger partial charge in [-0.3, -0.25) is 0 Å². The van der Waals surface area contributed by atoms with Crippen LogP contribution in [-0.4, -0.2) is 25.0 Å². The molecule has 0 saturated carbocycles. The Hall–Kier alpha value is -0.510. The van der Waals surface area contributed by atoms with Crippen molar-refractivity contribution < 1.29 is 4.74 Å². The van der Waals surface area contributed by atoms with Gasteiger partial charge in [-0.15, -0.1) is 11.8 Å². The van der Waals surface area contributed by atoms with E-state index >= 15 is 0 Å². The first-order valence-electron chi connectivity index (χ1n) is 6.76. The number of nitrogens with one attached hydrogen (secondary N) is 1. The molecule has 1 aromatic rings. The summed E-state index contributed by atoms with van der Waals surface area (Å²) in [4.78, 5) is 1.32. The third-order valence-electron chi connectivity index (χ3n) is 2.48. The first-order valence-corrected chi connectivity index (χ1v) is 7.75. The minimum atomic E-state index is 0.331. The molecule has 18 heavy (non-hydrogen) atoms. The highest BCUT2D eigenvalue weighted by Gasteiger charge is 1.97. The molecule has 0 aliphatic heterocycles. The molecular weight excluding hydrogens is 242 g/mol. The molecule has 0 aromatic heterocycles. The lowest BCUT2D eigenvalue weighted by molar-refractivity contribution is 0.0920. The summed E-state index contributed by atoms with van der Waals surface area (Å²) in [6.45, 7) is 9.21. The van der Waals surface area contributed by atoms with Crippen LogP contribution in [0, 0.1) is 0 Å². The maximum absolute atomic E-state index is 5.52.